The molecule has 0 saturated carbocycles. The Kier molecular flexibility index (Phi) is 4.96. The van der Waals surface area contributed by atoms with Crippen molar-refractivity contribution in [1.82, 2.24) is 9.78 Å². The van der Waals surface area contributed by atoms with Gasteiger partial charge in [0.2, 0.25) is 5.91 Å². The number of nitrogens with one attached hydrogen (secondary N) is 1. The summed E-state index contributed by atoms with van der Waals surface area (Å²) in [4.78, 5) is 12.5. The van der Waals surface area contributed by atoms with E-state index in [1.807, 2.05) is 37.3 Å². The lowest BCUT2D eigenvalue weighted by Gasteiger charge is -2.26. The minimum absolute atomic E-state index is 0.0709. The molecule has 0 fully saturated rings. The first-order valence-electron chi connectivity index (χ1n) is 9.05. The van der Waals surface area contributed by atoms with Crippen LogP contribution in [0.3, 0.4) is 0 Å². The summed E-state index contributed by atoms with van der Waals surface area (Å²) in [6.07, 6.45) is 2.11. The van der Waals surface area contributed by atoms with Crippen molar-refractivity contribution >= 4 is 23.3 Å². The molecule has 1 aliphatic rings. The summed E-state index contributed by atoms with van der Waals surface area (Å²) in [5.74, 6) is 1.73. The number of methoxy groups -OCH3 is 1. The standard InChI is InChI=1S/C21H20ClN3O3/c1-3-28-20-15(5-4-6-18(20)27-2)16-11-19(26)24-21-17(16)12-23-25(21)14-9-7-13(22)8-10-14/h4-10,12,16H,3,11H2,1-2H3,(H,24,26)/t16-/m0/s1. The van der Waals surface area contributed by atoms with Crippen molar-refractivity contribution in [3.05, 3.63) is 64.8 Å². The van der Waals surface area contributed by atoms with Gasteiger partial charge in [-0.2, -0.15) is 5.10 Å². The molecule has 1 amide bonds. The maximum absolute atomic E-state index is 12.5. The van der Waals surface area contributed by atoms with Gasteiger partial charge >= 0.3 is 0 Å². The van der Waals surface area contributed by atoms with Crippen molar-refractivity contribution in [1.29, 1.82) is 0 Å². The number of rotatable bonds is 5. The number of carbonyl (C=O) groups excluding carboxylic acids is 1. The number of ether oxygens (including phenoxy) is 2. The Balaban J connectivity index is 1.83. The summed E-state index contributed by atoms with van der Waals surface area (Å²) in [5, 5.41) is 8.11. The zero-order chi connectivity index (χ0) is 19.7. The van der Waals surface area contributed by atoms with Gasteiger partial charge in [-0.15, -0.1) is 0 Å². The zero-order valence-electron chi connectivity index (χ0n) is 15.6. The number of amides is 1. The van der Waals surface area contributed by atoms with Crippen LogP contribution < -0.4 is 14.8 Å². The van der Waals surface area contributed by atoms with E-state index >= 15 is 0 Å². The number of fused-ring (bicyclic) bond motifs is 1. The zero-order valence-corrected chi connectivity index (χ0v) is 16.4. The van der Waals surface area contributed by atoms with Crippen LogP contribution in [-0.2, 0) is 4.79 Å². The molecule has 6 nitrogen and oxygen atoms in total. The fourth-order valence-electron chi connectivity index (χ4n) is 3.54. The van der Waals surface area contributed by atoms with E-state index < -0.39 is 0 Å². The van der Waals surface area contributed by atoms with Gasteiger partial charge in [0.25, 0.3) is 0 Å². The number of nitrogens with zero attached hydrogens (tertiary/aromatic N) is 2. The Morgan fingerprint density at radius 1 is 1.21 bits per heavy atom. The van der Waals surface area contributed by atoms with Crippen molar-refractivity contribution in [2.45, 2.75) is 19.3 Å². The summed E-state index contributed by atoms with van der Waals surface area (Å²) in [7, 11) is 1.61. The monoisotopic (exact) mass is 397 g/mol. The third-order valence-electron chi connectivity index (χ3n) is 4.78. The summed E-state index contributed by atoms with van der Waals surface area (Å²) in [6.45, 7) is 2.43. The Bertz CT molecular complexity index is 1010. The number of halogens is 1. The van der Waals surface area contributed by atoms with E-state index in [-0.39, 0.29) is 11.8 Å². The lowest BCUT2D eigenvalue weighted by atomic mass is 9.86. The number of anilines is 1. The predicted molar refractivity (Wildman–Crippen MR) is 108 cm³/mol. The summed E-state index contributed by atoms with van der Waals surface area (Å²) >= 11 is 5.99. The molecule has 144 valence electrons. The molecule has 0 spiro atoms. The maximum Gasteiger partial charge on any atom is 0.226 e. The molecule has 28 heavy (non-hydrogen) atoms. The van der Waals surface area contributed by atoms with E-state index in [0.29, 0.717) is 35.4 Å². The van der Waals surface area contributed by atoms with Crippen molar-refractivity contribution in [3.63, 3.8) is 0 Å². The highest BCUT2D eigenvalue weighted by Gasteiger charge is 2.33. The van der Waals surface area contributed by atoms with Crippen LogP contribution in [0.4, 0.5) is 5.82 Å². The molecule has 2 heterocycles. The molecule has 0 saturated heterocycles. The van der Waals surface area contributed by atoms with E-state index in [1.54, 1.807) is 30.1 Å². The van der Waals surface area contributed by atoms with Crippen LogP contribution in [-0.4, -0.2) is 29.4 Å². The van der Waals surface area contributed by atoms with Gasteiger partial charge in [-0.3, -0.25) is 4.79 Å². The molecule has 0 unspecified atom stereocenters. The minimum atomic E-state index is -0.179. The summed E-state index contributed by atoms with van der Waals surface area (Å²) in [5.41, 5.74) is 2.67. The summed E-state index contributed by atoms with van der Waals surface area (Å²) in [6, 6.07) is 13.1. The van der Waals surface area contributed by atoms with Crippen molar-refractivity contribution in [2.75, 3.05) is 19.0 Å². The minimum Gasteiger partial charge on any atom is -0.493 e. The van der Waals surface area contributed by atoms with Crippen LogP contribution >= 0.6 is 11.6 Å². The Labute approximate surface area is 168 Å². The molecule has 4 rings (SSSR count). The molecule has 0 aliphatic carbocycles. The normalized spacial score (nSPS) is 15.7. The topological polar surface area (TPSA) is 65.4 Å². The third-order valence-corrected chi connectivity index (χ3v) is 5.04. The van der Waals surface area contributed by atoms with Gasteiger partial charge < -0.3 is 14.8 Å². The SMILES string of the molecule is CCOc1c(OC)cccc1[C@@H]1CC(=O)Nc2c1cnn2-c1ccc(Cl)cc1. The van der Waals surface area contributed by atoms with Gasteiger partial charge in [0.05, 0.1) is 25.6 Å². The average molecular weight is 398 g/mol. The molecular formula is C21H20ClN3O3. The van der Waals surface area contributed by atoms with E-state index in [4.69, 9.17) is 21.1 Å². The van der Waals surface area contributed by atoms with Gasteiger partial charge in [0.1, 0.15) is 5.82 Å². The Morgan fingerprint density at radius 3 is 2.71 bits per heavy atom. The molecular weight excluding hydrogens is 378 g/mol. The third kappa shape index (κ3) is 3.20. The number of carbonyl (C=O) groups is 1. The molecule has 3 aromatic rings. The lowest BCUT2D eigenvalue weighted by Crippen LogP contribution is -2.25. The molecule has 1 atom stereocenters. The molecule has 2 aromatic carbocycles. The van der Waals surface area contributed by atoms with Crippen LogP contribution in [0, 0.1) is 0 Å². The molecule has 7 heteroatoms. The van der Waals surface area contributed by atoms with Crippen LogP contribution in [0.5, 0.6) is 11.5 Å². The Hall–Kier alpha value is -2.99. The smallest absolute Gasteiger partial charge is 0.226 e. The second-order valence-electron chi connectivity index (χ2n) is 6.45. The summed E-state index contributed by atoms with van der Waals surface area (Å²) < 4.78 is 13.1. The highest BCUT2D eigenvalue weighted by atomic mass is 35.5. The van der Waals surface area contributed by atoms with E-state index in [2.05, 4.69) is 10.4 Å². The fourth-order valence-corrected chi connectivity index (χ4v) is 3.67. The van der Waals surface area contributed by atoms with Gasteiger partial charge in [-0.1, -0.05) is 23.7 Å². The molecule has 1 N–H and O–H groups in total. The number of aromatic nitrogens is 2. The molecule has 1 aromatic heterocycles. The van der Waals surface area contributed by atoms with Crippen LogP contribution in [0.15, 0.2) is 48.7 Å². The highest BCUT2D eigenvalue weighted by Crippen LogP contribution is 2.44. The highest BCUT2D eigenvalue weighted by molar-refractivity contribution is 6.30. The van der Waals surface area contributed by atoms with Crippen LogP contribution in [0.2, 0.25) is 5.02 Å². The second kappa shape index (κ2) is 7.56. The van der Waals surface area contributed by atoms with Crippen molar-refractivity contribution in [3.8, 4) is 17.2 Å². The fraction of sp³-hybridized carbons (Fsp3) is 0.238. The van der Waals surface area contributed by atoms with Crippen LogP contribution in [0.25, 0.3) is 5.69 Å². The maximum atomic E-state index is 12.5. The number of hydrogen-bond acceptors (Lipinski definition) is 4. The van der Waals surface area contributed by atoms with Crippen LogP contribution in [0.1, 0.15) is 30.4 Å². The molecule has 0 bridgehead atoms. The van der Waals surface area contributed by atoms with E-state index in [1.165, 1.54) is 0 Å². The largest absolute Gasteiger partial charge is 0.493 e. The first-order chi connectivity index (χ1) is 13.6. The lowest BCUT2D eigenvalue weighted by molar-refractivity contribution is -0.116. The number of hydrogen-bond donors (Lipinski definition) is 1. The first kappa shape index (κ1) is 18.4. The second-order valence-corrected chi connectivity index (χ2v) is 6.89. The predicted octanol–water partition coefficient (Wildman–Crippen LogP) is 4.41. The Morgan fingerprint density at radius 2 is 2.00 bits per heavy atom. The molecule has 1 aliphatic heterocycles. The number of para-hydroxylation sites is 1. The quantitative estimate of drug-likeness (QED) is 0.692. The first-order valence-corrected chi connectivity index (χ1v) is 9.43. The van der Waals surface area contributed by atoms with Crippen molar-refractivity contribution in [2.24, 2.45) is 0 Å². The van der Waals surface area contributed by atoms with Gasteiger partial charge in [-0.05, 0) is 37.3 Å². The molecule has 0 radical (unpaired) electrons. The average Bonchev–Trinajstić information content (AvgIpc) is 3.12. The van der Waals surface area contributed by atoms with Crippen molar-refractivity contribution < 1.29 is 14.3 Å². The number of benzene rings is 2. The van der Waals surface area contributed by atoms with Gasteiger partial charge in [-0.25, -0.2) is 4.68 Å². The van der Waals surface area contributed by atoms with E-state index in [9.17, 15) is 4.79 Å². The van der Waals surface area contributed by atoms with Gasteiger partial charge in [0.15, 0.2) is 11.5 Å². The van der Waals surface area contributed by atoms with Gasteiger partial charge in [0, 0.05) is 28.5 Å². The van der Waals surface area contributed by atoms with E-state index in [0.717, 1.165) is 16.8 Å².